The van der Waals surface area contributed by atoms with Crippen LogP contribution in [-0.4, -0.2) is 20.4 Å². The summed E-state index contributed by atoms with van der Waals surface area (Å²) in [7, 11) is 0. The van der Waals surface area contributed by atoms with Gasteiger partial charge in [0.05, 0.1) is 57.0 Å². The van der Waals surface area contributed by atoms with E-state index in [1.807, 2.05) is 6.07 Å². The molecule has 17 aromatic rings. The van der Waals surface area contributed by atoms with Crippen LogP contribution in [0.4, 0.5) is 34.1 Å². The summed E-state index contributed by atoms with van der Waals surface area (Å²) in [4.78, 5) is 5.17. The largest absolute Gasteiger partial charge is 0.310 e. The molecule has 114 heavy (non-hydrogen) atoms. The smallest absolute Gasteiger partial charge is 0.252 e. The summed E-state index contributed by atoms with van der Waals surface area (Å²) in [5, 5.41) is 6.99. The van der Waals surface area contributed by atoms with Crippen LogP contribution in [0.3, 0.4) is 0 Å². The molecule has 0 radical (unpaired) electrons. The molecular weight excluding hydrogens is 1380 g/mol. The van der Waals surface area contributed by atoms with Crippen molar-refractivity contribution in [1.29, 1.82) is 0 Å². The number of aromatic nitrogens is 3. The number of rotatable bonds is 8. The van der Waals surface area contributed by atoms with Gasteiger partial charge in [0.15, 0.2) is 0 Å². The van der Waals surface area contributed by atoms with E-state index in [9.17, 15) is 5.48 Å². The lowest BCUT2D eigenvalue weighted by atomic mass is 9.33. The second-order valence-corrected chi connectivity index (χ2v) is 38.3. The lowest BCUT2D eigenvalue weighted by Crippen LogP contribution is -2.61. The number of hydrogen-bond acceptors (Lipinski definition) is 2. The molecule has 3 aromatic heterocycles. The minimum atomic E-state index is -0.514. The van der Waals surface area contributed by atoms with Crippen LogP contribution in [0.15, 0.2) is 291 Å². The van der Waals surface area contributed by atoms with Crippen LogP contribution >= 0.6 is 0 Å². The van der Waals surface area contributed by atoms with Gasteiger partial charge >= 0.3 is 0 Å². The van der Waals surface area contributed by atoms with Crippen LogP contribution in [-0.2, 0) is 32.5 Å². The Morgan fingerprint density at radius 2 is 0.684 bits per heavy atom. The second-order valence-electron chi connectivity index (χ2n) is 38.3. The number of anilines is 6. The third-order valence-corrected chi connectivity index (χ3v) is 24.6. The van der Waals surface area contributed by atoms with Crippen LogP contribution in [0, 0.1) is 0 Å². The van der Waals surface area contributed by atoms with E-state index in [-0.39, 0.29) is 56.8 Å². The van der Waals surface area contributed by atoms with Gasteiger partial charge < -0.3 is 23.5 Å². The highest BCUT2D eigenvalue weighted by atomic mass is 15.2. The van der Waals surface area contributed by atoms with E-state index in [1.54, 1.807) is 0 Å². The third-order valence-electron chi connectivity index (χ3n) is 24.6. The fourth-order valence-electron chi connectivity index (χ4n) is 18.3. The first-order chi connectivity index (χ1) is 56.4. The molecule has 5 heterocycles. The topological polar surface area (TPSA) is 21.3 Å². The Labute approximate surface area is 680 Å². The Morgan fingerprint density at radius 3 is 1.16 bits per heavy atom. The lowest BCUT2D eigenvalue weighted by molar-refractivity contribution is 0.590. The number of nitrogens with zero attached hydrogens (tertiary/aromatic N) is 5. The van der Waals surface area contributed by atoms with Crippen LogP contribution < -0.4 is 26.2 Å². The highest BCUT2D eigenvalue weighted by molar-refractivity contribution is 7.00. The molecule has 14 aromatic carbocycles. The van der Waals surface area contributed by atoms with Gasteiger partial charge in [-0.2, -0.15) is 0 Å². The fraction of sp³-hybridized carbons (Fsp3) is 0.222. The minimum absolute atomic E-state index is 0.0947. The van der Waals surface area contributed by atoms with E-state index in [0.717, 1.165) is 139 Å². The second kappa shape index (κ2) is 25.8. The highest BCUT2D eigenvalue weighted by Gasteiger charge is 2.47. The maximum atomic E-state index is 9.77. The molecule has 0 amide bonds. The zero-order valence-electron chi connectivity index (χ0n) is 74.1. The van der Waals surface area contributed by atoms with Gasteiger partial charge in [0.1, 0.15) is 0 Å². The average molecular weight is 1490 g/mol. The van der Waals surface area contributed by atoms with Crippen molar-refractivity contribution in [2.45, 2.75) is 157 Å². The summed E-state index contributed by atoms with van der Waals surface area (Å²) in [6, 6.07) is 96.6. The molecule has 0 N–H and O–H groups in total. The van der Waals surface area contributed by atoms with Crippen molar-refractivity contribution in [3.05, 3.63) is 324 Å². The monoisotopic (exact) mass is 1480 g/mol. The molecule has 0 fully saturated rings. The van der Waals surface area contributed by atoms with Crippen LogP contribution in [0.1, 0.15) is 165 Å². The standard InChI is InChI=1S/C108H102BN5/c1-103(2,3)71-46-53-89-83(58-71)84-59-72(104(4,5)6)47-54-90(84)110(89)78-50-51-87-96(66-78)114(100-81(68-35-25-20-26-36-68)62-75(107(13,14)15)63-82(100)69-37-27-21-28-38-69)98-65-76(108(16,17)18)64-97-99(98)109(87)88-57-70(67-33-23-19-24-34-67)45-52-93(88)113(97)95-44-32-42-80-79-41-31-43-94(101(79)111(102(80)95)77-39-29-22-30-40-77)112-91-55-48-73(105(7,8)9)60-85(91)86-61-74(106(10,11)12)49-56-92(86)112/h19-66H,1-18H3/i19D,23D,24D,33D,34D. The van der Waals surface area contributed by atoms with Crippen LogP contribution in [0.25, 0.3) is 116 Å². The van der Waals surface area contributed by atoms with Gasteiger partial charge in [0.2, 0.25) is 0 Å². The van der Waals surface area contributed by atoms with E-state index < -0.39 is 18.2 Å². The Bertz CT molecular complexity index is 6870. The van der Waals surface area contributed by atoms with Crippen molar-refractivity contribution in [2.24, 2.45) is 0 Å². The molecular formula is C108H102BN5. The van der Waals surface area contributed by atoms with E-state index in [1.165, 1.54) is 49.4 Å². The molecule has 0 atom stereocenters. The first kappa shape index (κ1) is 66.7. The van der Waals surface area contributed by atoms with Gasteiger partial charge in [-0.3, -0.25) is 0 Å². The molecule has 2 aliphatic heterocycles. The van der Waals surface area contributed by atoms with Gasteiger partial charge in [0.25, 0.3) is 6.71 Å². The van der Waals surface area contributed by atoms with Crippen molar-refractivity contribution in [3.8, 4) is 50.4 Å². The Morgan fingerprint density at radius 1 is 0.254 bits per heavy atom. The van der Waals surface area contributed by atoms with E-state index >= 15 is 0 Å². The summed E-state index contributed by atoms with van der Waals surface area (Å²) < 4.78 is 54.5. The Balaban J connectivity index is 0.981. The van der Waals surface area contributed by atoms with Crippen LogP contribution in [0.2, 0.25) is 0 Å². The zero-order valence-corrected chi connectivity index (χ0v) is 69.1. The molecule has 0 aliphatic carbocycles. The predicted octanol–water partition coefficient (Wildman–Crippen LogP) is 27.8. The molecule has 0 spiro atoms. The molecule has 19 rings (SSSR count). The first-order valence-electron chi connectivity index (χ1n) is 43.2. The zero-order chi connectivity index (χ0) is 83.5. The first-order valence-corrected chi connectivity index (χ1v) is 40.7. The molecule has 0 saturated carbocycles. The van der Waals surface area contributed by atoms with E-state index in [4.69, 9.17) is 1.37 Å². The molecule has 0 saturated heterocycles. The quantitative estimate of drug-likeness (QED) is 0.141. The Hall–Kier alpha value is -11.9. The lowest BCUT2D eigenvalue weighted by Gasteiger charge is -2.46. The number of hydrogen-bond donors (Lipinski definition) is 0. The summed E-state index contributed by atoms with van der Waals surface area (Å²) in [5.41, 5.74) is 29.8. The number of para-hydroxylation sites is 3. The van der Waals surface area contributed by atoms with Crippen molar-refractivity contribution >= 4 is 123 Å². The Kier molecular flexibility index (Phi) is 15.1. The predicted molar refractivity (Wildman–Crippen MR) is 492 cm³/mol. The van der Waals surface area contributed by atoms with Gasteiger partial charge in [-0.15, -0.1) is 0 Å². The molecule has 0 unspecified atom stereocenters. The van der Waals surface area contributed by atoms with E-state index in [0.29, 0.717) is 5.56 Å². The molecule has 5 nitrogen and oxygen atoms in total. The molecule has 2 aliphatic rings. The van der Waals surface area contributed by atoms with Gasteiger partial charge in [0, 0.05) is 77.6 Å². The SMILES string of the molecule is [2H]c1c([2H])c([2H])c(-c2ccc3c(c2)B2c4ccc(-n5c6ccc(C(C)(C)C)cc6c6cc(C(C)(C)C)ccc65)cc4N(c4c(-c5ccccc5)cc(C(C)(C)C)cc4-c4ccccc4)c4cc(C(C)(C)C)cc(c42)N3c2cccc3c4cccc(-n5c6ccc(C(C)(C)C)cc6c6cc(C(C)(C)C)ccc65)c4n(-c4ccccc4)c23)c([2H])c1[2H]. The summed E-state index contributed by atoms with van der Waals surface area (Å²) in [6.07, 6.45) is 0. The average Bonchev–Trinajstić information content (AvgIpc) is 1.40. The normalized spacial score (nSPS) is 14.1. The van der Waals surface area contributed by atoms with E-state index in [2.05, 4.69) is 403 Å². The summed E-state index contributed by atoms with van der Waals surface area (Å²) >= 11 is 0. The number of fused-ring (bicyclic) bond motifs is 13. The molecule has 6 heteroatoms. The van der Waals surface area contributed by atoms with Gasteiger partial charge in [-0.1, -0.05) is 300 Å². The fourth-order valence-corrected chi connectivity index (χ4v) is 18.3. The molecule has 0 bridgehead atoms. The van der Waals surface area contributed by atoms with Crippen molar-refractivity contribution in [2.75, 3.05) is 9.80 Å². The summed E-state index contributed by atoms with van der Waals surface area (Å²) in [6.45, 7) is 41.1. The summed E-state index contributed by atoms with van der Waals surface area (Å²) in [5.74, 6) is 0. The third kappa shape index (κ3) is 11.7. The van der Waals surface area contributed by atoms with Crippen molar-refractivity contribution in [1.82, 2.24) is 13.7 Å². The van der Waals surface area contributed by atoms with Gasteiger partial charge in [-0.05, 0) is 220 Å². The van der Waals surface area contributed by atoms with Crippen molar-refractivity contribution in [3.63, 3.8) is 0 Å². The maximum absolute atomic E-state index is 9.77. The van der Waals surface area contributed by atoms with Crippen LogP contribution in [0.5, 0.6) is 0 Å². The molecule has 562 valence electrons. The highest BCUT2D eigenvalue weighted by Crippen LogP contribution is 2.55. The maximum Gasteiger partial charge on any atom is 0.252 e. The minimum Gasteiger partial charge on any atom is -0.310 e. The van der Waals surface area contributed by atoms with Crippen molar-refractivity contribution < 1.29 is 6.85 Å². The number of benzene rings is 14. The van der Waals surface area contributed by atoms with Gasteiger partial charge in [-0.25, -0.2) is 0 Å².